The van der Waals surface area contributed by atoms with Gasteiger partial charge in [-0.3, -0.25) is 4.79 Å². The SMILES string of the molecule is CCC(C=O)Oc1cccc2ccccc12. The van der Waals surface area contributed by atoms with Crippen LogP contribution in [0.2, 0.25) is 0 Å². The molecule has 0 heterocycles. The molecule has 2 nitrogen and oxygen atoms in total. The molecule has 0 N–H and O–H groups in total. The number of hydrogen-bond donors (Lipinski definition) is 0. The van der Waals surface area contributed by atoms with E-state index in [1.54, 1.807) is 0 Å². The van der Waals surface area contributed by atoms with E-state index in [1.165, 1.54) is 0 Å². The van der Waals surface area contributed by atoms with E-state index in [9.17, 15) is 4.79 Å². The van der Waals surface area contributed by atoms with E-state index in [1.807, 2.05) is 49.4 Å². The Morgan fingerprint density at radius 3 is 2.69 bits per heavy atom. The Labute approximate surface area is 94.8 Å². The number of rotatable bonds is 4. The van der Waals surface area contributed by atoms with Crippen molar-refractivity contribution in [1.29, 1.82) is 0 Å². The Bertz CT molecular complexity index is 486. The van der Waals surface area contributed by atoms with Crippen molar-refractivity contribution in [2.75, 3.05) is 0 Å². The summed E-state index contributed by atoms with van der Waals surface area (Å²) in [6.07, 6.45) is 1.18. The molecule has 0 aromatic heterocycles. The van der Waals surface area contributed by atoms with Crippen molar-refractivity contribution >= 4 is 17.1 Å². The molecule has 82 valence electrons. The highest BCUT2D eigenvalue weighted by molar-refractivity contribution is 5.88. The molecular formula is C14H14O2. The van der Waals surface area contributed by atoms with E-state index < -0.39 is 0 Å². The number of carbonyl (C=O) groups excluding carboxylic acids is 1. The summed E-state index contributed by atoms with van der Waals surface area (Å²) in [5.74, 6) is 0.775. The molecule has 0 bridgehead atoms. The van der Waals surface area contributed by atoms with Gasteiger partial charge in [-0.2, -0.15) is 0 Å². The lowest BCUT2D eigenvalue weighted by Crippen LogP contribution is -2.16. The predicted molar refractivity (Wildman–Crippen MR) is 64.7 cm³/mol. The minimum atomic E-state index is -0.356. The van der Waals surface area contributed by atoms with E-state index in [0.717, 1.165) is 22.8 Å². The van der Waals surface area contributed by atoms with Gasteiger partial charge < -0.3 is 4.74 Å². The van der Waals surface area contributed by atoms with Gasteiger partial charge in [0.2, 0.25) is 0 Å². The zero-order valence-corrected chi connectivity index (χ0v) is 9.22. The molecule has 0 spiro atoms. The van der Waals surface area contributed by atoms with Crippen LogP contribution in [0.4, 0.5) is 0 Å². The molecule has 0 amide bonds. The van der Waals surface area contributed by atoms with Crippen LogP contribution in [-0.4, -0.2) is 12.4 Å². The average molecular weight is 214 g/mol. The fourth-order valence-corrected chi connectivity index (χ4v) is 1.67. The summed E-state index contributed by atoms with van der Waals surface area (Å²) >= 11 is 0. The van der Waals surface area contributed by atoms with E-state index in [0.29, 0.717) is 6.42 Å². The van der Waals surface area contributed by atoms with Crippen LogP contribution in [-0.2, 0) is 4.79 Å². The summed E-state index contributed by atoms with van der Waals surface area (Å²) < 4.78 is 5.66. The van der Waals surface area contributed by atoms with Gasteiger partial charge in [0, 0.05) is 5.39 Å². The van der Waals surface area contributed by atoms with Crippen molar-refractivity contribution in [2.45, 2.75) is 19.4 Å². The number of aldehydes is 1. The van der Waals surface area contributed by atoms with Crippen molar-refractivity contribution < 1.29 is 9.53 Å². The summed E-state index contributed by atoms with van der Waals surface area (Å²) in [6, 6.07) is 13.9. The summed E-state index contributed by atoms with van der Waals surface area (Å²) in [5, 5.41) is 2.17. The topological polar surface area (TPSA) is 26.3 Å². The maximum absolute atomic E-state index is 10.8. The van der Waals surface area contributed by atoms with Crippen LogP contribution in [0, 0.1) is 0 Å². The third-order valence-electron chi connectivity index (χ3n) is 2.58. The molecule has 2 heteroatoms. The zero-order chi connectivity index (χ0) is 11.4. The summed E-state index contributed by atoms with van der Waals surface area (Å²) in [7, 11) is 0. The van der Waals surface area contributed by atoms with Crippen LogP contribution in [0.25, 0.3) is 10.8 Å². The zero-order valence-electron chi connectivity index (χ0n) is 9.22. The van der Waals surface area contributed by atoms with Gasteiger partial charge >= 0.3 is 0 Å². The monoisotopic (exact) mass is 214 g/mol. The van der Waals surface area contributed by atoms with Gasteiger partial charge in [-0.15, -0.1) is 0 Å². The van der Waals surface area contributed by atoms with Crippen molar-refractivity contribution in [3.8, 4) is 5.75 Å². The molecule has 0 saturated heterocycles. The number of fused-ring (bicyclic) bond motifs is 1. The highest BCUT2D eigenvalue weighted by atomic mass is 16.5. The lowest BCUT2D eigenvalue weighted by molar-refractivity contribution is -0.113. The quantitative estimate of drug-likeness (QED) is 0.730. The van der Waals surface area contributed by atoms with Gasteiger partial charge in [0.25, 0.3) is 0 Å². The van der Waals surface area contributed by atoms with Crippen molar-refractivity contribution in [1.82, 2.24) is 0 Å². The largest absolute Gasteiger partial charge is 0.482 e. The van der Waals surface area contributed by atoms with Crippen LogP contribution in [0.5, 0.6) is 5.75 Å². The van der Waals surface area contributed by atoms with Gasteiger partial charge in [-0.05, 0) is 17.9 Å². The second-order valence-corrected chi connectivity index (χ2v) is 3.68. The molecule has 2 aromatic carbocycles. The standard InChI is InChI=1S/C14H14O2/c1-2-12(10-15)16-14-9-5-7-11-6-3-4-8-13(11)14/h3-10,12H,2H2,1H3. The molecule has 0 aliphatic heterocycles. The van der Waals surface area contributed by atoms with E-state index in [2.05, 4.69) is 0 Å². The Morgan fingerprint density at radius 2 is 1.94 bits per heavy atom. The maximum Gasteiger partial charge on any atom is 0.160 e. The first-order valence-corrected chi connectivity index (χ1v) is 5.45. The Hall–Kier alpha value is -1.83. The molecule has 1 unspecified atom stereocenters. The van der Waals surface area contributed by atoms with Crippen LogP contribution in [0.15, 0.2) is 42.5 Å². The number of hydrogen-bond acceptors (Lipinski definition) is 2. The van der Waals surface area contributed by atoms with Crippen LogP contribution < -0.4 is 4.74 Å². The van der Waals surface area contributed by atoms with Gasteiger partial charge in [0.05, 0.1) is 0 Å². The van der Waals surface area contributed by atoms with Crippen LogP contribution >= 0.6 is 0 Å². The van der Waals surface area contributed by atoms with E-state index in [-0.39, 0.29) is 6.10 Å². The third kappa shape index (κ3) is 2.06. The smallest absolute Gasteiger partial charge is 0.160 e. The molecule has 0 radical (unpaired) electrons. The molecule has 0 aliphatic carbocycles. The second-order valence-electron chi connectivity index (χ2n) is 3.68. The van der Waals surface area contributed by atoms with Crippen LogP contribution in [0.3, 0.4) is 0 Å². The molecule has 0 fully saturated rings. The highest BCUT2D eigenvalue weighted by Gasteiger charge is 2.08. The fourth-order valence-electron chi connectivity index (χ4n) is 1.67. The van der Waals surface area contributed by atoms with E-state index >= 15 is 0 Å². The number of benzene rings is 2. The van der Waals surface area contributed by atoms with Crippen molar-refractivity contribution in [3.63, 3.8) is 0 Å². The average Bonchev–Trinajstić information content (AvgIpc) is 2.36. The lowest BCUT2D eigenvalue weighted by atomic mass is 10.1. The Kier molecular flexibility index (Phi) is 3.20. The Morgan fingerprint density at radius 1 is 1.19 bits per heavy atom. The first-order chi connectivity index (χ1) is 7.85. The molecule has 16 heavy (non-hydrogen) atoms. The molecular weight excluding hydrogens is 200 g/mol. The van der Waals surface area contributed by atoms with Gasteiger partial charge in [-0.1, -0.05) is 43.3 Å². The van der Waals surface area contributed by atoms with Gasteiger partial charge in [0.1, 0.15) is 5.75 Å². The van der Waals surface area contributed by atoms with Crippen LogP contribution in [0.1, 0.15) is 13.3 Å². The predicted octanol–water partition coefficient (Wildman–Crippen LogP) is 3.20. The number of ether oxygens (including phenoxy) is 1. The molecule has 2 rings (SSSR count). The molecule has 0 aliphatic rings. The second kappa shape index (κ2) is 4.79. The van der Waals surface area contributed by atoms with E-state index in [4.69, 9.17) is 4.74 Å². The van der Waals surface area contributed by atoms with Gasteiger partial charge in [-0.25, -0.2) is 0 Å². The van der Waals surface area contributed by atoms with Crippen molar-refractivity contribution in [3.05, 3.63) is 42.5 Å². The number of carbonyl (C=O) groups is 1. The summed E-state index contributed by atoms with van der Waals surface area (Å²) in [4.78, 5) is 10.8. The highest BCUT2D eigenvalue weighted by Crippen LogP contribution is 2.26. The molecule has 1 atom stereocenters. The minimum absolute atomic E-state index is 0.356. The summed E-state index contributed by atoms with van der Waals surface area (Å²) in [5.41, 5.74) is 0. The maximum atomic E-state index is 10.8. The molecule has 0 saturated carbocycles. The minimum Gasteiger partial charge on any atom is -0.482 e. The molecule has 2 aromatic rings. The summed E-state index contributed by atoms with van der Waals surface area (Å²) in [6.45, 7) is 1.93. The first kappa shape index (κ1) is 10.7. The third-order valence-corrected chi connectivity index (χ3v) is 2.58. The first-order valence-electron chi connectivity index (χ1n) is 5.45. The lowest BCUT2D eigenvalue weighted by Gasteiger charge is -2.13. The van der Waals surface area contributed by atoms with Gasteiger partial charge in [0.15, 0.2) is 12.4 Å². The fraction of sp³-hybridized carbons (Fsp3) is 0.214. The van der Waals surface area contributed by atoms with Crippen molar-refractivity contribution in [2.24, 2.45) is 0 Å². The Balaban J connectivity index is 2.40. The normalized spacial score (nSPS) is 12.3.